The van der Waals surface area contributed by atoms with Gasteiger partial charge in [-0.15, -0.1) is 0 Å². The summed E-state index contributed by atoms with van der Waals surface area (Å²) in [5.41, 5.74) is -0.779. The molecule has 0 aromatic rings. The van der Waals surface area contributed by atoms with Gasteiger partial charge in [0.05, 0.1) is 0 Å². The van der Waals surface area contributed by atoms with Gasteiger partial charge in [0.2, 0.25) is 5.91 Å². The van der Waals surface area contributed by atoms with Crippen molar-refractivity contribution in [3.8, 4) is 0 Å². The summed E-state index contributed by atoms with van der Waals surface area (Å²) >= 11 is 0. The van der Waals surface area contributed by atoms with Gasteiger partial charge in [-0.1, -0.05) is 20.8 Å². The van der Waals surface area contributed by atoms with Gasteiger partial charge in [0.15, 0.2) is 0 Å². The van der Waals surface area contributed by atoms with Crippen molar-refractivity contribution in [1.82, 2.24) is 5.32 Å². The van der Waals surface area contributed by atoms with Gasteiger partial charge >= 0.3 is 6.18 Å². The highest BCUT2D eigenvalue weighted by atomic mass is 19.4. The van der Waals surface area contributed by atoms with Crippen LogP contribution in [0.4, 0.5) is 13.2 Å². The van der Waals surface area contributed by atoms with Crippen LogP contribution < -0.4 is 5.32 Å². The Morgan fingerprint density at radius 2 is 1.73 bits per heavy atom. The Kier molecular flexibility index (Phi) is 3.03. The molecule has 1 N–H and O–H groups in total. The van der Waals surface area contributed by atoms with Crippen molar-refractivity contribution < 1.29 is 18.0 Å². The van der Waals surface area contributed by atoms with Gasteiger partial charge in [-0.3, -0.25) is 4.79 Å². The highest BCUT2D eigenvalue weighted by Crippen LogP contribution is 2.40. The van der Waals surface area contributed by atoms with E-state index >= 15 is 0 Å². The molecule has 0 heterocycles. The molecule has 0 aromatic carbocycles. The molecule has 1 amide bonds. The first kappa shape index (κ1) is 12.3. The molecule has 5 heteroatoms. The molecule has 0 radical (unpaired) electrons. The van der Waals surface area contributed by atoms with Crippen LogP contribution >= 0.6 is 0 Å². The largest absolute Gasteiger partial charge is 0.408 e. The molecule has 0 bridgehead atoms. The van der Waals surface area contributed by atoms with Crippen LogP contribution in [0.1, 0.15) is 33.6 Å². The number of nitrogens with one attached hydrogen (secondary N) is 1. The Labute approximate surface area is 87.2 Å². The summed E-state index contributed by atoms with van der Waals surface area (Å²) in [6.45, 7) is 4.80. The zero-order valence-corrected chi connectivity index (χ0v) is 9.11. The van der Waals surface area contributed by atoms with Crippen molar-refractivity contribution in [1.29, 1.82) is 0 Å². The zero-order valence-electron chi connectivity index (χ0n) is 9.11. The van der Waals surface area contributed by atoms with Crippen molar-refractivity contribution in [2.24, 2.45) is 11.3 Å². The third-order valence-electron chi connectivity index (χ3n) is 2.41. The molecule has 0 aromatic heterocycles. The predicted octanol–water partition coefficient (Wildman–Crippen LogP) is 2.49. The number of hydrogen-bond donors (Lipinski definition) is 1. The van der Waals surface area contributed by atoms with Gasteiger partial charge in [0.25, 0.3) is 0 Å². The van der Waals surface area contributed by atoms with E-state index in [1.165, 1.54) is 0 Å². The highest BCUT2D eigenvalue weighted by molar-refractivity contribution is 5.81. The molecule has 1 fully saturated rings. The Bertz CT molecular complexity index is 250. The molecule has 88 valence electrons. The normalized spacial score (nSPS) is 19.9. The average molecular weight is 223 g/mol. The smallest absolute Gasteiger partial charge is 0.344 e. The lowest BCUT2D eigenvalue weighted by atomic mass is 9.95. The first-order valence-electron chi connectivity index (χ1n) is 5.00. The number of carbonyl (C=O) groups is 1. The molecule has 1 aliphatic rings. The third-order valence-corrected chi connectivity index (χ3v) is 2.41. The van der Waals surface area contributed by atoms with Crippen LogP contribution in [0, 0.1) is 11.3 Å². The first-order valence-corrected chi connectivity index (χ1v) is 5.00. The van der Waals surface area contributed by atoms with Gasteiger partial charge in [0.1, 0.15) is 6.04 Å². The van der Waals surface area contributed by atoms with E-state index in [0.29, 0.717) is 12.8 Å². The summed E-state index contributed by atoms with van der Waals surface area (Å²) in [4.78, 5) is 11.4. The van der Waals surface area contributed by atoms with Crippen LogP contribution in [0.3, 0.4) is 0 Å². The summed E-state index contributed by atoms with van der Waals surface area (Å²) in [6, 6.07) is -1.66. The fourth-order valence-corrected chi connectivity index (χ4v) is 1.25. The maximum atomic E-state index is 12.5. The summed E-state index contributed by atoms with van der Waals surface area (Å²) < 4.78 is 37.6. The minimum absolute atomic E-state index is 0.420. The maximum absolute atomic E-state index is 12.5. The lowest BCUT2D eigenvalue weighted by molar-refractivity contribution is -0.168. The maximum Gasteiger partial charge on any atom is 0.408 e. The Morgan fingerprint density at radius 3 is 2.00 bits per heavy atom. The van der Waals surface area contributed by atoms with E-state index in [2.05, 4.69) is 5.32 Å². The molecule has 1 atom stereocenters. The third kappa shape index (κ3) is 3.39. The molecule has 1 saturated carbocycles. The van der Waals surface area contributed by atoms with Crippen molar-refractivity contribution in [3.63, 3.8) is 0 Å². The molecule has 1 aliphatic carbocycles. The van der Waals surface area contributed by atoms with Crippen molar-refractivity contribution in [3.05, 3.63) is 0 Å². The van der Waals surface area contributed by atoms with Crippen LogP contribution in [0.25, 0.3) is 0 Å². The fraction of sp³-hybridized carbons (Fsp3) is 0.900. The fourth-order valence-electron chi connectivity index (χ4n) is 1.25. The van der Waals surface area contributed by atoms with Gasteiger partial charge in [-0.2, -0.15) is 13.2 Å². The van der Waals surface area contributed by atoms with E-state index in [0.717, 1.165) is 0 Å². The van der Waals surface area contributed by atoms with Crippen LogP contribution in [-0.4, -0.2) is 18.1 Å². The monoisotopic (exact) mass is 223 g/mol. The van der Waals surface area contributed by atoms with Crippen molar-refractivity contribution >= 4 is 5.91 Å². The van der Waals surface area contributed by atoms with E-state index in [9.17, 15) is 18.0 Å². The van der Waals surface area contributed by atoms with E-state index in [4.69, 9.17) is 0 Å². The lowest BCUT2D eigenvalue weighted by Gasteiger charge is -2.25. The molecule has 1 unspecified atom stereocenters. The quantitative estimate of drug-likeness (QED) is 0.765. The van der Waals surface area contributed by atoms with Crippen LogP contribution in [0.5, 0.6) is 0 Å². The SMILES string of the molecule is CC(C)(C)C(=O)NC(C1CC1)C(F)(F)F. The Balaban J connectivity index is 2.64. The standard InChI is InChI=1S/C10H16F3NO/c1-9(2,3)8(15)14-7(6-4-5-6)10(11,12)13/h6-7H,4-5H2,1-3H3,(H,14,15). The van der Waals surface area contributed by atoms with Gasteiger partial charge in [0, 0.05) is 5.41 Å². The molecule has 0 saturated heterocycles. The summed E-state index contributed by atoms with van der Waals surface area (Å²) in [5, 5.41) is 2.09. The van der Waals surface area contributed by atoms with Crippen LogP contribution in [0.2, 0.25) is 0 Å². The minimum Gasteiger partial charge on any atom is -0.344 e. The molecule has 0 spiro atoms. The number of carbonyl (C=O) groups excluding carboxylic acids is 1. The number of alkyl halides is 3. The number of halogens is 3. The molecular weight excluding hydrogens is 207 g/mol. The van der Waals surface area contributed by atoms with Crippen molar-refractivity contribution in [2.45, 2.75) is 45.8 Å². The van der Waals surface area contributed by atoms with Gasteiger partial charge < -0.3 is 5.32 Å². The van der Waals surface area contributed by atoms with Gasteiger partial charge in [-0.05, 0) is 18.8 Å². The average Bonchev–Trinajstić information content (AvgIpc) is 2.77. The van der Waals surface area contributed by atoms with E-state index in [1.807, 2.05) is 0 Å². The van der Waals surface area contributed by atoms with Gasteiger partial charge in [-0.25, -0.2) is 0 Å². The number of hydrogen-bond acceptors (Lipinski definition) is 1. The first-order chi connectivity index (χ1) is 6.62. The number of amides is 1. The minimum atomic E-state index is -4.33. The molecular formula is C10H16F3NO. The lowest BCUT2D eigenvalue weighted by Crippen LogP contribution is -2.50. The second kappa shape index (κ2) is 3.68. The Hall–Kier alpha value is -0.740. The van der Waals surface area contributed by atoms with E-state index in [-0.39, 0.29) is 0 Å². The van der Waals surface area contributed by atoms with Crippen LogP contribution in [0.15, 0.2) is 0 Å². The second-order valence-electron chi connectivity index (χ2n) is 5.08. The Morgan fingerprint density at radius 1 is 1.27 bits per heavy atom. The predicted molar refractivity (Wildman–Crippen MR) is 50.2 cm³/mol. The molecule has 15 heavy (non-hydrogen) atoms. The molecule has 1 rings (SSSR count). The summed E-state index contributed by atoms with van der Waals surface area (Å²) in [6.07, 6.45) is -3.23. The van der Waals surface area contributed by atoms with E-state index < -0.39 is 29.5 Å². The topological polar surface area (TPSA) is 29.1 Å². The summed E-state index contributed by atoms with van der Waals surface area (Å²) in [7, 11) is 0. The van der Waals surface area contributed by atoms with Crippen LogP contribution in [-0.2, 0) is 4.79 Å². The highest BCUT2D eigenvalue weighted by Gasteiger charge is 2.50. The number of rotatable bonds is 2. The molecule has 0 aliphatic heterocycles. The van der Waals surface area contributed by atoms with E-state index in [1.54, 1.807) is 20.8 Å². The van der Waals surface area contributed by atoms with Crippen molar-refractivity contribution in [2.75, 3.05) is 0 Å². The zero-order chi connectivity index (χ0) is 11.9. The molecule has 2 nitrogen and oxygen atoms in total. The summed E-state index contributed by atoms with van der Waals surface area (Å²) in [5.74, 6) is -0.965. The second-order valence-corrected chi connectivity index (χ2v) is 5.08.